The van der Waals surface area contributed by atoms with E-state index in [1.165, 1.54) is 0 Å². The largest absolute Gasteiger partial charge is 0.486 e. The normalized spacial score (nSPS) is 15.5. The number of carbonyl (C=O) groups is 1. The highest BCUT2D eigenvalue weighted by Gasteiger charge is 2.18. The van der Waals surface area contributed by atoms with Gasteiger partial charge in [-0.2, -0.15) is 0 Å². The zero-order chi connectivity index (χ0) is 15.1. The van der Waals surface area contributed by atoms with Crippen LogP contribution in [0.2, 0.25) is 0 Å². The lowest BCUT2D eigenvalue weighted by Crippen LogP contribution is -2.26. The standard InChI is InChI=1S/C15H21NO5/c1-2-19-15(17)10-20-14-9-11(16)3-4-13(14)21-12-5-7-18-8-6-12/h3-4,9,12H,2,5-8,10,16H2,1H3. The van der Waals surface area contributed by atoms with E-state index in [4.69, 9.17) is 24.7 Å². The summed E-state index contributed by atoms with van der Waals surface area (Å²) in [6.07, 6.45) is 1.76. The number of hydrogen-bond donors (Lipinski definition) is 1. The monoisotopic (exact) mass is 295 g/mol. The van der Waals surface area contributed by atoms with E-state index in [0.29, 0.717) is 37.0 Å². The van der Waals surface area contributed by atoms with Crippen molar-refractivity contribution in [1.82, 2.24) is 0 Å². The van der Waals surface area contributed by atoms with E-state index in [-0.39, 0.29) is 12.7 Å². The molecule has 1 aromatic rings. The van der Waals surface area contributed by atoms with Gasteiger partial charge in [0.1, 0.15) is 6.10 Å². The van der Waals surface area contributed by atoms with Crippen LogP contribution in [0.4, 0.5) is 5.69 Å². The quantitative estimate of drug-likeness (QED) is 0.636. The first-order chi connectivity index (χ1) is 10.2. The maximum atomic E-state index is 11.4. The summed E-state index contributed by atoms with van der Waals surface area (Å²) in [7, 11) is 0. The van der Waals surface area contributed by atoms with Crippen LogP contribution in [0, 0.1) is 0 Å². The van der Waals surface area contributed by atoms with E-state index < -0.39 is 5.97 Å². The molecule has 0 aromatic heterocycles. The van der Waals surface area contributed by atoms with Gasteiger partial charge < -0.3 is 24.7 Å². The van der Waals surface area contributed by atoms with Crippen LogP contribution in [0.1, 0.15) is 19.8 Å². The molecule has 0 atom stereocenters. The van der Waals surface area contributed by atoms with Crippen molar-refractivity contribution in [2.45, 2.75) is 25.9 Å². The van der Waals surface area contributed by atoms with E-state index in [0.717, 1.165) is 12.8 Å². The van der Waals surface area contributed by atoms with Crippen molar-refractivity contribution >= 4 is 11.7 Å². The van der Waals surface area contributed by atoms with Gasteiger partial charge in [0.25, 0.3) is 0 Å². The molecule has 0 aliphatic carbocycles. The van der Waals surface area contributed by atoms with Crippen molar-refractivity contribution in [1.29, 1.82) is 0 Å². The lowest BCUT2D eigenvalue weighted by Gasteiger charge is -2.24. The fraction of sp³-hybridized carbons (Fsp3) is 0.533. The second kappa shape index (κ2) is 7.73. The molecule has 0 saturated carbocycles. The van der Waals surface area contributed by atoms with Gasteiger partial charge in [0.2, 0.25) is 0 Å². The molecule has 6 heteroatoms. The van der Waals surface area contributed by atoms with Crippen LogP contribution in [-0.4, -0.2) is 38.5 Å². The van der Waals surface area contributed by atoms with Crippen molar-refractivity contribution in [3.05, 3.63) is 18.2 Å². The highest BCUT2D eigenvalue weighted by atomic mass is 16.6. The molecule has 1 saturated heterocycles. The number of nitrogens with two attached hydrogens (primary N) is 1. The van der Waals surface area contributed by atoms with E-state index in [1.54, 1.807) is 25.1 Å². The molecule has 0 amide bonds. The van der Waals surface area contributed by atoms with Crippen LogP contribution in [0.3, 0.4) is 0 Å². The van der Waals surface area contributed by atoms with E-state index in [2.05, 4.69) is 0 Å². The zero-order valence-electron chi connectivity index (χ0n) is 12.2. The average molecular weight is 295 g/mol. The molecule has 0 radical (unpaired) electrons. The molecule has 1 fully saturated rings. The van der Waals surface area contributed by atoms with E-state index in [1.807, 2.05) is 0 Å². The summed E-state index contributed by atoms with van der Waals surface area (Å²) in [5.41, 5.74) is 6.30. The lowest BCUT2D eigenvalue weighted by atomic mass is 10.1. The van der Waals surface area contributed by atoms with E-state index in [9.17, 15) is 4.79 Å². The Morgan fingerprint density at radius 3 is 2.81 bits per heavy atom. The first-order valence-electron chi connectivity index (χ1n) is 7.11. The predicted molar refractivity (Wildman–Crippen MR) is 77.5 cm³/mol. The Bertz CT molecular complexity index is 471. The minimum absolute atomic E-state index is 0.0901. The SMILES string of the molecule is CCOC(=O)COc1cc(N)ccc1OC1CCOCC1. The van der Waals surface area contributed by atoms with Crippen molar-refractivity contribution < 1.29 is 23.7 Å². The van der Waals surface area contributed by atoms with Crippen LogP contribution in [0.15, 0.2) is 18.2 Å². The maximum Gasteiger partial charge on any atom is 0.344 e. The summed E-state index contributed by atoms with van der Waals surface area (Å²) in [6.45, 7) is 3.29. The molecule has 2 N–H and O–H groups in total. The number of anilines is 1. The molecule has 1 heterocycles. The third-order valence-corrected chi connectivity index (χ3v) is 3.08. The number of rotatable bonds is 6. The molecule has 0 bridgehead atoms. The second-order valence-corrected chi connectivity index (χ2v) is 4.73. The van der Waals surface area contributed by atoms with Gasteiger partial charge in [0, 0.05) is 24.6 Å². The highest BCUT2D eigenvalue weighted by molar-refractivity contribution is 5.71. The van der Waals surface area contributed by atoms with Gasteiger partial charge in [0.05, 0.1) is 19.8 Å². The number of nitrogen functional groups attached to an aromatic ring is 1. The number of hydrogen-bond acceptors (Lipinski definition) is 6. The van der Waals surface area contributed by atoms with Crippen molar-refractivity contribution in [3.63, 3.8) is 0 Å². The lowest BCUT2D eigenvalue weighted by molar-refractivity contribution is -0.145. The molecule has 21 heavy (non-hydrogen) atoms. The van der Waals surface area contributed by atoms with Gasteiger partial charge in [-0.25, -0.2) is 4.79 Å². The molecule has 1 aliphatic rings. The van der Waals surface area contributed by atoms with Crippen molar-refractivity contribution in [2.24, 2.45) is 0 Å². The van der Waals surface area contributed by atoms with Gasteiger partial charge >= 0.3 is 5.97 Å². The molecule has 1 aliphatic heterocycles. The molecule has 2 rings (SSSR count). The number of carbonyl (C=O) groups excluding carboxylic acids is 1. The Balaban J connectivity index is 2.00. The summed E-state index contributed by atoms with van der Waals surface area (Å²) in [5, 5.41) is 0. The number of ether oxygens (including phenoxy) is 4. The van der Waals surface area contributed by atoms with Crippen molar-refractivity contribution in [2.75, 3.05) is 32.2 Å². The minimum Gasteiger partial charge on any atom is -0.486 e. The zero-order valence-corrected chi connectivity index (χ0v) is 12.2. The summed E-state index contributed by atoms with van der Waals surface area (Å²) in [6, 6.07) is 5.14. The van der Waals surface area contributed by atoms with Crippen LogP contribution in [-0.2, 0) is 14.3 Å². The molecular weight excluding hydrogens is 274 g/mol. The molecule has 116 valence electrons. The molecule has 6 nitrogen and oxygen atoms in total. The number of esters is 1. The smallest absolute Gasteiger partial charge is 0.344 e. The van der Waals surface area contributed by atoms with Gasteiger partial charge in [-0.15, -0.1) is 0 Å². The average Bonchev–Trinajstić information content (AvgIpc) is 2.49. The van der Waals surface area contributed by atoms with Crippen LogP contribution < -0.4 is 15.2 Å². The number of benzene rings is 1. The first-order valence-corrected chi connectivity index (χ1v) is 7.11. The Hall–Kier alpha value is -1.95. The summed E-state index contributed by atoms with van der Waals surface area (Å²) in [5.74, 6) is 0.617. The third-order valence-electron chi connectivity index (χ3n) is 3.08. The first kappa shape index (κ1) is 15.4. The molecule has 0 unspecified atom stereocenters. The fourth-order valence-corrected chi connectivity index (χ4v) is 2.05. The molecule has 1 aromatic carbocycles. The minimum atomic E-state index is -0.419. The second-order valence-electron chi connectivity index (χ2n) is 4.73. The predicted octanol–water partition coefficient (Wildman–Crippen LogP) is 1.77. The highest BCUT2D eigenvalue weighted by Crippen LogP contribution is 2.31. The Kier molecular flexibility index (Phi) is 5.68. The van der Waals surface area contributed by atoms with Gasteiger partial charge in [0.15, 0.2) is 18.1 Å². The summed E-state index contributed by atoms with van der Waals surface area (Å²) >= 11 is 0. The van der Waals surface area contributed by atoms with E-state index >= 15 is 0 Å². The Morgan fingerprint density at radius 1 is 1.33 bits per heavy atom. The summed E-state index contributed by atoms with van der Waals surface area (Å²) in [4.78, 5) is 11.4. The van der Waals surface area contributed by atoms with Crippen LogP contribution in [0.25, 0.3) is 0 Å². The van der Waals surface area contributed by atoms with Gasteiger partial charge in [-0.1, -0.05) is 0 Å². The van der Waals surface area contributed by atoms with Crippen molar-refractivity contribution in [3.8, 4) is 11.5 Å². The Morgan fingerprint density at radius 2 is 2.10 bits per heavy atom. The molecular formula is C15H21NO5. The molecule has 0 spiro atoms. The van der Waals surface area contributed by atoms with Crippen LogP contribution >= 0.6 is 0 Å². The van der Waals surface area contributed by atoms with Gasteiger partial charge in [-0.05, 0) is 19.1 Å². The topological polar surface area (TPSA) is 80.0 Å². The third kappa shape index (κ3) is 4.82. The maximum absolute atomic E-state index is 11.4. The Labute approximate surface area is 124 Å². The van der Waals surface area contributed by atoms with Crippen LogP contribution in [0.5, 0.6) is 11.5 Å². The summed E-state index contributed by atoms with van der Waals surface area (Å²) < 4.78 is 21.5. The van der Waals surface area contributed by atoms with Gasteiger partial charge in [-0.3, -0.25) is 0 Å². The fourth-order valence-electron chi connectivity index (χ4n) is 2.05.